The molecule has 0 unspecified atom stereocenters. The van der Waals surface area contributed by atoms with Crippen molar-refractivity contribution in [3.05, 3.63) is 24.3 Å². The first-order valence-electron chi connectivity index (χ1n) is 6.91. The summed E-state index contributed by atoms with van der Waals surface area (Å²) in [6.07, 6.45) is 0.352. The minimum absolute atomic E-state index is 0. The smallest absolute Gasteiger partial charge is 0.328 e. The van der Waals surface area contributed by atoms with Crippen LogP contribution in [0.5, 0.6) is 0 Å². The van der Waals surface area contributed by atoms with E-state index in [0.29, 0.717) is 13.0 Å². The summed E-state index contributed by atoms with van der Waals surface area (Å²) in [7, 11) is 0. The molecule has 2 aliphatic rings. The van der Waals surface area contributed by atoms with E-state index < -0.39 is 0 Å². The number of nitrogens with zero attached hydrogens (tertiary/aromatic N) is 2. The van der Waals surface area contributed by atoms with Gasteiger partial charge in [-0.25, -0.2) is 4.79 Å². The summed E-state index contributed by atoms with van der Waals surface area (Å²) in [5.41, 5.74) is 2.00. The fourth-order valence-corrected chi connectivity index (χ4v) is 2.58. The van der Waals surface area contributed by atoms with Gasteiger partial charge in [-0.05, 0) is 24.3 Å². The van der Waals surface area contributed by atoms with Crippen LogP contribution in [0.3, 0.4) is 0 Å². The summed E-state index contributed by atoms with van der Waals surface area (Å²) >= 11 is 0. The van der Waals surface area contributed by atoms with Crippen molar-refractivity contribution in [3.8, 4) is 0 Å². The molecule has 8 heteroatoms. The van der Waals surface area contributed by atoms with Crippen molar-refractivity contribution in [1.29, 1.82) is 0 Å². The molecule has 122 valence electrons. The van der Waals surface area contributed by atoms with Gasteiger partial charge in [-0.15, -0.1) is 24.8 Å². The summed E-state index contributed by atoms with van der Waals surface area (Å²) in [6, 6.07) is 7.60. The Hall–Kier alpha value is -1.50. The van der Waals surface area contributed by atoms with E-state index in [1.54, 1.807) is 4.90 Å². The number of nitrogens with one attached hydrogen (secondary N) is 2. The first-order chi connectivity index (χ1) is 9.74. The second kappa shape index (κ2) is 8.22. The van der Waals surface area contributed by atoms with Gasteiger partial charge in [0.05, 0.1) is 0 Å². The number of piperazine rings is 1. The molecule has 3 amide bonds. The highest BCUT2D eigenvalue weighted by Gasteiger charge is 2.24. The summed E-state index contributed by atoms with van der Waals surface area (Å²) in [6.45, 7) is 4.44. The predicted molar refractivity (Wildman–Crippen MR) is 91.5 cm³/mol. The van der Waals surface area contributed by atoms with E-state index >= 15 is 0 Å². The molecule has 2 N–H and O–H groups in total. The summed E-state index contributed by atoms with van der Waals surface area (Å²) in [5.74, 6) is -0.205. The Morgan fingerprint density at radius 2 is 1.45 bits per heavy atom. The number of hydrogen-bond acceptors (Lipinski definition) is 4. The van der Waals surface area contributed by atoms with Crippen molar-refractivity contribution in [1.82, 2.24) is 10.6 Å². The molecule has 6 nitrogen and oxygen atoms in total. The molecule has 2 fully saturated rings. The van der Waals surface area contributed by atoms with Gasteiger partial charge in [-0.3, -0.25) is 15.0 Å². The molecular formula is C14H20Cl2N4O2. The van der Waals surface area contributed by atoms with Crippen molar-refractivity contribution in [2.45, 2.75) is 6.42 Å². The quantitative estimate of drug-likeness (QED) is 0.849. The van der Waals surface area contributed by atoms with Crippen LogP contribution in [0.1, 0.15) is 6.42 Å². The van der Waals surface area contributed by atoms with Crippen molar-refractivity contribution in [2.24, 2.45) is 0 Å². The lowest BCUT2D eigenvalue weighted by Gasteiger charge is -2.30. The molecule has 3 rings (SSSR count). The van der Waals surface area contributed by atoms with E-state index in [-0.39, 0.29) is 36.8 Å². The third kappa shape index (κ3) is 4.03. The van der Waals surface area contributed by atoms with Crippen LogP contribution < -0.4 is 20.4 Å². The Bertz CT molecular complexity index is 518. The van der Waals surface area contributed by atoms with Crippen LogP contribution in [0.25, 0.3) is 0 Å². The van der Waals surface area contributed by atoms with Gasteiger partial charge in [-0.2, -0.15) is 0 Å². The highest BCUT2D eigenvalue weighted by atomic mass is 35.5. The van der Waals surface area contributed by atoms with Crippen LogP contribution in [-0.4, -0.2) is 44.7 Å². The molecule has 0 saturated carbocycles. The molecule has 1 aromatic carbocycles. The van der Waals surface area contributed by atoms with Crippen LogP contribution in [0.2, 0.25) is 0 Å². The van der Waals surface area contributed by atoms with E-state index in [2.05, 4.69) is 15.5 Å². The van der Waals surface area contributed by atoms with Gasteiger partial charge in [0.2, 0.25) is 5.91 Å². The Labute approximate surface area is 142 Å². The maximum Gasteiger partial charge on any atom is 0.328 e. The van der Waals surface area contributed by atoms with Gasteiger partial charge < -0.3 is 10.2 Å². The SMILES string of the molecule is Cl.Cl.O=C1CCN(c2ccc(N3CCNCC3)cc2)C(=O)N1. The van der Waals surface area contributed by atoms with Crippen molar-refractivity contribution >= 4 is 48.1 Å². The molecular weight excluding hydrogens is 327 g/mol. The molecule has 0 aliphatic carbocycles. The average molecular weight is 347 g/mol. The number of hydrogen-bond donors (Lipinski definition) is 2. The predicted octanol–water partition coefficient (Wildman–Crippen LogP) is 1.39. The highest BCUT2D eigenvalue weighted by Crippen LogP contribution is 2.22. The van der Waals surface area contributed by atoms with Gasteiger partial charge in [0.25, 0.3) is 0 Å². The van der Waals surface area contributed by atoms with Crippen LogP contribution in [0.15, 0.2) is 24.3 Å². The summed E-state index contributed by atoms with van der Waals surface area (Å²) in [4.78, 5) is 26.8. The largest absolute Gasteiger partial charge is 0.369 e. The van der Waals surface area contributed by atoms with Gasteiger partial charge in [-0.1, -0.05) is 0 Å². The molecule has 0 radical (unpaired) electrons. The van der Waals surface area contributed by atoms with Gasteiger partial charge in [0.15, 0.2) is 0 Å². The Balaban J connectivity index is 0.00000121. The second-order valence-corrected chi connectivity index (χ2v) is 5.01. The van der Waals surface area contributed by atoms with Crippen LogP contribution in [-0.2, 0) is 4.79 Å². The molecule has 22 heavy (non-hydrogen) atoms. The topological polar surface area (TPSA) is 64.7 Å². The van der Waals surface area contributed by atoms with Gasteiger partial charge >= 0.3 is 6.03 Å². The normalized spacial score (nSPS) is 18.2. The number of carbonyl (C=O) groups excluding carboxylic acids is 2. The Kier molecular flexibility index (Phi) is 6.93. The number of halogens is 2. The fraction of sp³-hybridized carbons (Fsp3) is 0.429. The lowest BCUT2D eigenvalue weighted by molar-refractivity contribution is -0.120. The van der Waals surface area contributed by atoms with Crippen LogP contribution in [0.4, 0.5) is 16.2 Å². The minimum Gasteiger partial charge on any atom is -0.369 e. The fourth-order valence-electron chi connectivity index (χ4n) is 2.58. The minimum atomic E-state index is -0.337. The molecule has 2 heterocycles. The zero-order valence-corrected chi connectivity index (χ0v) is 13.7. The van der Waals surface area contributed by atoms with E-state index in [4.69, 9.17) is 0 Å². The zero-order valence-electron chi connectivity index (χ0n) is 12.1. The number of imide groups is 1. The van der Waals surface area contributed by atoms with Crippen LogP contribution >= 0.6 is 24.8 Å². The Morgan fingerprint density at radius 1 is 0.864 bits per heavy atom. The number of anilines is 2. The van der Waals surface area contributed by atoms with Crippen molar-refractivity contribution < 1.29 is 9.59 Å². The van der Waals surface area contributed by atoms with Gasteiger partial charge in [0, 0.05) is 50.5 Å². The number of amides is 3. The van der Waals surface area contributed by atoms with Crippen molar-refractivity contribution in [3.63, 3.8) is 0 Å². The molecule has 0 bridgehead atoms. The molecule has 0 spiro atoms. The van der Waals surface area contributed by atoms with Crippen molar-refractivity contribution in [2.75, 3.05) is 42.5 Å². The summed E-state index contributed by atoms with van der Waals surface area (Å²) < 4.78 is 0. The van der Waals surface area contributed by atoms with E-state index in [0.717, 1.165) is 31.9 Å². The first-order valence-corrected chi connectivity index (χ1v) is 6.91. The molecule has 0 aromatic heterocycles. The number of urea groups is 1. The van der Waals surface area contributed by atoms with E-state index in [9.17, 15) is 9.59 Å². The monoisotopic (exact) mass is 346 g/mol. The number of carbonyl (C=O) groups is 2. The average Bonchev–Trinajstić information content (AvgIpc) is 2.48. The third-order valence-corrected chi connectivity index (χ3v) is 3.70. The molecule has 0 atom stereocenters. The van der Waals surface area contributed by atoms with Crippen LogP contribution in [0, 0.1) is 0 Å². The third-order valence-electron chi connectivity index (χ3n) is 3.70. The molecule has 1 aromatic rings. The zero-order chi connectivity index (χ0) is 13.9. The maximum absolute atomic E-state index is 11.8. The van der Waals surface area contributed by atoms with Gasteiger partial charge in [0.1, 0.15) is 0 Å². The standard InChI is InChI=1S/C14H18N4O2.2ClH/c19-13-5-8-18(14(20)16-13)12-3-1-11(2-4-12)17-9-6-15-7-10-17;;/h1-4,15H,5-10H2,(H,16,19,20);2*1H. The lowest BCUT2D eigenvalue weighted by Crippen LogP contribution is -2.49. The molecule has 2 saturated heterocycles. The Morgan fingerprint density at radius 3 is 2.05 bits per heavy atom. The second-order valence-electron chi connectivity index (χ2n) is 5.01. The number of benzene rings is 1. The van der Waals surface area contributed by atoms with E-state index in [1.807, 2.05) is 24.3 Å². The lowest BCUT2D eigenvalue weighted by atomic mass is 10.2. The highest BCUT2D eigenvalue weighted by molar-refractivity contribution is 6.05. The summed E-state index contributed by atoms with van der Waals surface area (Å²) in [5, 5.41) is 5.66. The molecule has 2 aliphatic heterocycles. The number of rotatable bonds is 2. The first kappa shape index (κ1) is 18.5. The van der Waals surface area contributed by atoms with E-state index in [1.165, 1.54) is 5.69 Å². The maximum atomic E-state index is 11.8.